The normalized spacial score (nSPS) is 17.0. The summed E-state index contributed by atoms with van der Waals surface area (Å²) >= 11 is 0. The molecule has 0 spiro atoms. The van der Waals surface area contributed by atoms with Crippen LogP contribution in [0.4, 0.5) is 5.69 Å². The SMILES string of the molecule is COc1ccc(N2CCN(C(=O)c3c(C)[nH]c(C(C)=O)c3C)C(C)C2=O)cc1. The maximum atomic E-state index is 13.2. The number of benzene rings is 1. The van der Waals surface area contributed by atoms with Gasteiger partial charge in [0.15, 0.2) is 5.78 Å². The Morgan fingerprint density at radius 2 is 1.79 bits per heavy atom. The second-order valence-electron chi connectivity index (χ2n) is 7.04. The van der Waals surface area contributed by atoms with Crippen molar-refractivity contribution in [2.75, 3.05) is 25.1 Å². The third-order valence-electron chi connectivity index (χ3n) is 5.30. The van der Waals surface area contributed by atoms with Crippen LogP contribution in [0.15, 0.2) is 24.3 Å². The van der Waals surface area contributed by atoms with Crippen LogP contribution in [0.5, 0.6) is 5.75 Å². The molecule has 1 N–H and O–H groups in total. The molecule has 2 heterocycles. The molecule has 1 atom stereocenters. The van der Waals surface area contributed by atoms with Gasteiger partial charge in [-0.3, -0.25) is 14.4 Å². The molecule has 1 aromatic carbocycles. The highest BCUT2D eigenvalue weighted by Gasteiger charge is 2.37. The van der Waals surface area contributed by atoms with Gasteiger partial charge in [-0.25, -0.2) is 0 Å². The number of aromatic nitrogens is 1. The van der Waals surface area contributed by atoms with Crippen molar-refractivity contribution >= 4 is 23.3 Å². The number of ketones is 1. The van der Waals surface area contributed by atoms with Crippen LogP contribution in [0, 0.1) is 13.8 Å². The van der Waals surface area contributed by atoms with Gasteiger partial charge < -0.3 is 19.5 Å². The van der Waals surface area contributed by atoms with Crippen LogP contribution in [-0.4, -0.2) is 53.7 Å². The van der Waals surface area contributed by atoms with E-state index in [1.54, 1.807) is 49.8 Å². The molecule has 1 fully saturated rings. The summed E-state index contributed by atoms with van der Waals surface area (Å²) in [6.07, 6.45) is 0. The molecule has 2 aromatic rings. The van der Waals surface area contributed by atoms with Crippen LogP contribution >= 0.6 is 0 Å². The van der Waals surface area contributed by atoms with E-state index in [1.165, 1.54) is 6.92 Å². The monoisotopic (exact) mass is 383 g/mol. The zero-order chi connectivity index (χ0) is 20.6. The minimum Gasteiger partial charge on any atom is -0.497 e. The molecule has 1 aliphatic rings. The van der Waals surface area contributed by atoms with Crippen LogP contribution in [0.1, 0.15) is 46.0 Å². The van der Waals surface area contributed by atoms with Gasteiger partial charge in [-0.1, -0.05) is 0 Å². The number of nitrogens with one attached hydrogen (secondary N) is 1. The van der Waals surface area contributed by atoms with Crippen LogP contribution in [0.2, 0.25) is 0 Å². The fourth-order valence-corrected chi connectivity index (χ4v) is 3.73. The number of aryl methyl sites for hydroxylation is 1. The molecule has 28 heavy (non-hydrogen) atoms. The second-order valence-corrected chi connectivity index (χ2v) is 7.04. The molecule has 1 saturated heterocycles. The predicted octanol–water partition coefficient (Wildman–Crippen LogP) is 2.72. The third kappa shape index (κ3) is 3.28. The van der Waals surface area contributed by atoms with E-state index < -0.39 is 6.04 Å². The van der Waals surface area contributed by atoms with Gasteiger partial charge in [0.05, 0.1) is 18.4 Å². The Kier molecular flexibility index (Phi) is 5.27. The molecule has 1 unspecified atom stereocenters. The predicted molar refractivity (Wildman–Crippen MR) is 106 cm³/mol. The summed E-state index contributed by atoms with van der Waals surface area (Å²) in [5.41, 5.74) is 2.97. The van der Waals surface area contributed by atoms with Crippen molar-refractivity contribution in [2.24, 2.45) is 0 Å². The number of carbonyl (C=O) groups excluding carboxylic acids is 3. The Balaban J connectivity index is 1.84. The largest absolute Gasteiger partial charge is 0.497 e. The average molecular weight is 383 g/mol. The number of Topliss-reactive ketones (excluding diaryl/α,β-unsaturated/α-hetero) is 1. The summed E-state index contributed by atoms with van der Waals surface area (Å²) in [7, 11) is 1.59. The average Bonchev–Trinajstić information content (AvgIpc) is 2.98. The van der Waals surface area contributed by atoms with Crippen molar-refractivity contribution in [3.8, 4) is 5.75 Å². The summed E-state index contributed by atoms with van der Waals surface area (Å²) in [5.74, 6) is 0.238. The number of ether oxygens (including phenoxy) is 1. The number of methoxy groups -OCH3 is 1. The van der Waals surface area contributed by atoms with Gasteiger partial charge in [0.2, 0.25) is 5.91 Å². The first-order chi connectivity index (χ1) is 13.3. The number of carbonyl (C=O) groups is 3. The molecule has 7 nitrogen and oxygen atoms in total. The summed E-state index contributed by atoms with van der Waals surface area (Å²) in [5, 5.41) is 0. The van der Waals surface area contributed by atoms with Crippen LogP contribution in [-0.2, 0) is 4.79 Å². The lowest BCUT2D eigenvalue weighted by Gasteiger charge is -2.39. The third-order valence-corrected chi connectivity index (χ3v) is 5.30. The van der Waals surface area contributed by atoms with Gasteiger partial charge in [-0.15, -0.1) is 0 Å². The van der Waals surface area contributed by atoms with Gasteiger partial charge in [0, 0.05) is 31.4 Å². The van der Waals surface area contributed by atoms with Crippen molar-refractivity contribution in [1.29, 1.82) is 0 Å². The van der Waals surface area contributed by atoms with E-state index in [9.17, 15) is 14.4 Å². The first kappa shape index (κ1) is 19.7. The van der Waals surface area contributed by atoms with Gasteiger partial charge in [-0.05, 0) is 50.6 Å². The number of rotatable bonds is 4. The molecular formula is C21H25N3O4. The Labute approximate surface area is 164 Å². The highest BCUT2D eigenvalue weighted by molar-refractivity contribution is 6.06. The lowest BCUT2D eigenvalue weighted by Crippen LogP contribution is -2.57. The summed E-state index contributed by atoms with van der Waals surface area (Å²) < 4.78 is 5.16. The number of piperazine rings is 1. The molecule has 148 valence electrons. The van der Waals surface area contributed by atoms with Crippen molar-refractivity contribution in [2.45, 2.75) is 33.7 Å². The quantitative estimate of drug-likeness (QED) is 0.823. The van der Waals surface area contributed by atoms with E-state index in [0.29, 0.717) is 35.6 Å². The molecule has 2 amide bonds. The van der Waals surface area contributed by atoms with Crippen molar-refractivity contribution in [1.82, 2.24) is 9.88 Å². The Morgan fingerprint density at radius 3 is 2.32 bits per heavy atom. The van der Waals surface area contributed by atoms with E-state index in [2.05, 4.69) is 4.98 Å². The fourth-order valence-electron chi connectivity index (χ4n) is 3.73. The molecular weight excluding hydrogens is 358 g/mol. The maximum absolute atomic E-state index is 13.2. The summed E-state index contributed by atoms with van der Waals surface area (Å²) in [6, 6.07) is 6.68. The molecule has 0 bridgehead atoms. The van der Waals surface area contributed by atoms with Gasteiger partial charge in [0.1, 0.15) is 11.8 Å². The van der Waals surface area contributed by atoms with Crippen LogP contribution in [0.3, 0.4) is 0 Å². The number of H-pyrrole nitrogens is 1. The molecule has 3 rings (SSSR count). The summed E-state index contributed by atoms with van der Waals surface area (Å²) in [4.78, 5) is 44.1. The highest BCUT2D eigenvalue weighted by Crippen LogP contribution is 2.26. The molecule has 7 heteroatoms. The van der Waals surface area contributed by atoms with E-state index >= 15 is 0 Å². The standard InChI is InChI=1S/C21H25N3O4/c1-12-18(13(2)22-19(12)15(4)25)21(27)23-10-11-24(20(26)14(23)3)16-6-8-17(28-5)9-7-16/h6-9,14,22H,10-11H2,1-5H3. The Morgan fingerprint density at radius 1 is 1.14 bits per heavy atom. The van der Waals surface area contributed by atoms with E-state index in [-0.39, 0.29) is 17.6 Å². The van der Waals surface area contributed by atoms with Crippen molar-refractivity contribution < 1.29 is 19.1 Å². The van der Waals surface area contributed by atoms with Crippen molar-refractivity contribution in [3.05, 3.63) is 46.8 Å². The molecule has 0 saturated carbocycles. The maximum Gasteiger partial charge on any atom is 0.256 e. The number of hydrogen-bond donors (Lipinski definition) is 1. The zero-order valence-corrected chi connectivity index (χ0v) is 16.8. The molecule has 1 aliphatic heterocycles. The van der Waals surface area contributed by atoms with Crippen molar-refractivity contribution in [3.63, 3.8) is 0 Å². The number of nitrogens with zero attached hydrogens (tertiary/aromatic N) is 2. The number of anilines is 1. The number of hydrogen-bond acceptors (Lipinski definition) is 4. The lowest BCUT2D eigenvalue weighted by molar-refractivity contribution is -0.124. The minimum absolute atomic E-state index is 0.118. The Hall–Kier alpha value is -3.09. The van der Waals surface area contributed by atoms with Crippen LogP contribution < -0.4 is 9.64 Å². The first-order valence-electron chi connectivity index (χ1n) is 9.22. The highest BCUT2D eigenvalue weighted by atomic mass is 16.5. The van der Waals surface area contributed by atoms with Gasteiger partial charge in [0.25, 0.3) is 5.91 Å². The molecule has 0 aliphatic carbocycles. The zero-order valence-electron chi connectivity index (χ0n) is 16.8. The number of aromatic amines is 1. The van der Waals surface area contributed by atoms with Gasteiger partial charge in [-0.2, -0.15) is 0 Å². The van der Waals surface area contributed by atoms with E-state index in [0.717, 1.165) is 11.4 Å². The lowest BCUT2D eigenvalue weighted by atomic mass is 10.0. The Bertz CT molecular complexity index is 930. The molecule has 1 aromatic heterocycles. The van der Waals surface area contributed by atoms with E-state index in [4.69, 9.17) is 4.74 Å². The first-order valence-corrected chi connectivity index (χ1v) is 9.22. The van der Waals surface area contributed by atoms with E-state index in [1.807, 2.05) is 12.1 Å². The number of amides is 2. The topological polar surface area (TPSA) is 82.7 Å². The smallest absolute Gasteiger partial charge is 0.256 e. The van der Waals surface area contributed by atoms with Crippen LogP contribution in [0.25, 0.3) is 0 Å². The fraction of sp³-hybridized carbons (Fsp3) is 0.381. The van der Waals surface area contributed by atoms with Gasteiger partial charge >= 0.3 is 0 Å². The second kappa shape index (κ2) is 7.50. The molecule has 0 radical (unpaired) electrons. The summed E-state index contributed by atoms with van der Waals surface area (Å²) in [6.45, 7) is 7.55. The minimum atomic E-state index is -0.599.